The number of halogens is 2. The number of carbonyl (C=O) groups is 1. The lowest BCUT2D eigenvalue weighted by Gasteiger charge is -2.14. The Morgan fingerprint density at radius 3 is 2.62 bits per heavy atom. The maximum atomic E-state index is 11.7. The maximum absolute atomic E-state index is 11.7. The normalized spacial score (nSPS) is 11.8. The Bertz CT molecular complexity index is 623. The van der Waals surface area contributed by atoms with Crippen LogP contribution in [-0.2, 0) is 0 Å². The van der Waals surface area contributed by atoms with E-state index in [1.54, 1.807) is 42.7 Å². The third-order valence-corrected chi connectivity index (χ3v) is 3.28. The summed E-state index contributed by atoms with van der Waals surface area (Å²) in [5.74, 6) is 0. The summed E-state index contributed by atoms with van der Waals surface area (Å²) < 4.78 is 0. The van der Waals surface area contributed by atoms with Crippen LogP contribution < -0.4 is 10.6 Å². The molecule has 5 nitrogen and oxygen atoms in total. The van der Waals surface area contributed by atoms with E-state index in [0.29, 0.717) is 21.3 Å². The van der Waals surface area contributed by atoms with Crippen LogP contribution in [0.4, 0.5) is 10.5 Å². The van der Waals surface area contributed by atoms with Crippen LogP contribution >= 0.6 is 23.2 Å². The van der Waals surface area contributed by atoms with Gasteiger partial charge in [0.2, 0.25) is 0 Å². The van der Waals surface area contributed by atoms with Gasteiger partial charge in [0.15, 0.2) is 0 Å². The first-order valence-electron chi connectivity index (χ1n) is 6.14. The number of carbonyl (C=O) groups excluding carboxylic acids is 1. The molecule has 0 aliphatic heterocycles. The lowest BCUT2D eigenvalue weighted by molar-refractivity contribution is 0.175. The molecule has 0 saturated heterocycles. The highest BCUT2D eigenvalue weighted by Crippen LogP contribution is 2.25. The molecule has 0 fully saturated rings. The highest BCUT2D eigenvalue weighted by Gasteiger charge is 2.13. The number of nitrogens with zero attached hydrogens (tertiary/aromatic N) is 1. The van der Waals surface area contributed by atoms with Crippen molar-refractivity contribution < 1.29 is 9.90 Å². The van der Waals surface area contributed by atoms with Gasteiger partial charge in [-0.15, -0.1) is 0 Å². The minimum atomic E-state index is -0.919. The van der Waals surface area contributed by atoms with E-state index in [9.17, 15) is 9.90 Å². The predicted octanol–water partition coefficient (Wildman–Crippen LogP) is 3.24. The average Bonchev–Trinajstić information content (AvgIpc) is 2.46. The van der Waals surface area contributed by atoms with Crippen LogP contribution in [0.25, 0.3) is 0 Å². The number of hydrogen-bond donors (Lipinski definition) is 3. The van der Waals surface area contributed by atoms with Crippen molar-refractivity contribution >= 4 is 34.9 Å². The van der Waals surface area contributed by atoms with Crippen molar-refractivity contribution in [3.63, 3.8) is 0 Å². The molecule has 21 heavy (non-hydrogen) atoms. The number of nitrogens with one attached hydrogen (secondary N) is 2. The molecule has 110 valence electrons. The molecular formula is C14H13Cl2N3O2. The monoisotopic (exact) mass is 325 g/mol. The average molecular weight is 326 g/mol. The van der Waals surface area contributed by atoms with Crippen molar-refractivity contribution in [1.82, 2.24) is 10.3 Å². The third-order valence-electron chi connectivity index (χ3n) is 2.72. The summed E-state index contributed by atoms with van der Waals surface area (Å²) in [6.07, 6.45) is 2.22. The van der Waals surface area contributed by atoms with Crippen molar-refractivity contribution in [3.8, 4) is 0 Å². The van der Waals surface area contributed by atoms with Gasteiger partial charge < -0.3 is 15.7 Å². The molecule has 0 radical (unpaired) electrons. The van der Waals surface area contributed by atoms with Gasteiger partial charge in [0.05, 0.1) is 6.10 Å². The Balaban J connectivity index is 1.89. The van der Waals surface area contributed by atoms with E-state index in [1.807, 2.05) is 0 Å². The number of anilines is 1. The zero-order valence-electron chi connectivity index (χ0n) is 10.9. The Kier molecular flexibility index (Phi) is 5.38. The summed E-state index contributed by atoms with van der Waals surface area (Å²) in [5, 5.41) is 16.0. The number of hydrogen-bond acceptors (Lipinski definition) is 3. The van der Waals surface area contributed by atoms with Gasteiger partial charge in [-0.3, -0.25) is 4.98 Å². The fourth-order valence-corrected chi connectivity index (χ4v) is 2.22. The molecule has 0 aliphatic carbocycles. The smallest absolute Gasteiger partial charge is 0.319 e. The van der Waals surface area contributed by atoms with Gasteiger partial charge in [-0.25, -0.2) is 4.79 Å². The van der Waals surface area contributed by atoms with Crippen LogP contribution in [0.5, 0.6) is 0 Å². The van der Waals surface area contributed by atoms with Crippen LogP contribution in [0.3, 0.4) is 0 Å². The molecule has 1 aromatic heterocycles. The van der Waals surface area contributed by atoms with E-state index in [1.165, 1.54) is 0 Å². The zero-order valence-corrected chi connectivity index (χ0v) is 12.4. The van der Waals surface area contributed by atoms with E-state index in [2.05, 4.69) is 15.6 Å². The molecule has 1 atom stereocenters. The number of benzene rings is 1. The van der Waals surface area contributed by atoms with Crippen molar-refractivity contribution in [3.05, 3.63) is 58.3 Å². The second-order valence-electron chi connectivity index (χ2n) is 4.25. The lowest BCUT2D eigenvalue weighted by atomic mass is 10.1. The van der Waals surface area contributed by atoms with Crippen LogP contribution in [0, 0.1) is 0 Å². The number of pyridine rings is 1. The summed E-state index contributed by atoms with van der Waals surface area (Å²) in [6, 6.07) is 7.68. The van der Waals surface area contributed by atoms with E-state index in [0.717, 1.165) is 0 Å². The third kappa shape index (κ3) is 4.60. The van der Waals surface area contributed by atoms with Crippen LogP contribution in [0.1, 0.15) is 11.7 Å². The zero-order chi connectivity index (χ0) is 15.2. The van der Waals surface area contributed by atoms with Crippen LogP contribution in [-0.4, -0.2) is 22.7 Å². The summed E-state index contributed by atoms with van der Waals surface area (Å²) in [4.78, 5) is 15.5. The standard InChI is InChI=1S/C14H13Cl2N3O2/c15-9-1-2-11(12(16)7-9)13(20)8-18-14(21)19-10-3-5-17-6-4-10/h1-7,13,20H,8H2,(H2,17,18,19,21). The predicted molar refractivity (Wildman–Crippen MR) is 82.7 cm³/mol. The molecule has 0 bridgehead atoms. The number of urea groups is 1. The molecule has 1 aromatic carbocycles. The summed E-state index contributed by atoms with van der Waals surface area (Å²) >= 11 is 11.8. The van der Waals surface area contributed by atoms with Gasteiger partial charge in [0.1, 0.15) is 0 Å². The number of aliphatic hydroxyl groups excluding tert-OH is 1. The first-order valence-corrected chi connectivity index (χ1v) is 6.90. The van der Waals surface area contributed by atoms with Gasteiger partial charge in [-0.2, -0.15) is 0 Å². The Morgan fingerprint density at radius 2 is 1.95 bits per heavy atom. The molecule has 1 unspecified atom stereocenters. The van der Waals surface area contributed by atoms with Gasteiger partial charge in [-0.05, 0) is 24.3 Å². The minimum absolute atomic E-state index is 0.0261. The van der Waals surface area contributed by atoms with E-state index in [4.69, 9.17) is 23.2 Å². The second kappa shape index (κ2) is 7.26. The lowest BCUT2D eigenvalue weighted by Crippen LogP contribution is -2.32. The molecule has 2 rings (SSSR count). The fraction of sp³-hybridized carbons (Fsp3) is 0.143. The topological polar surface area (TPSA) is 74.2 Å². The first-order chi connectivity index (χ1) is 10.1. The van der Waals surface area contributed by atoms with E-state index >= 15 is 0 Å². The maximum Gasteiger partial charge on any atom is 0.319 e. The molecular weight excluding hydrogens is 313 g/mol. The Hall–Kier alpha value is -1.82. The van der Waals surface area contributed by atoms with Crippen LogP contribution in [0.2, 0.25) is 10.0 Å². The fourth-order valence-electron chi connectivity index (χ4n) is 1.68. The van der Waals surface area contributed by atoms with Crippen molar-refractivity contribution in [2.24, 2.45) is 0 Å². The summed E-state index contributed by atoms with van der Waals surface area (Å²) in [5.41, 5.74) is 1.12. The van der Waals surface area contributed by atoms with Gasteiger partial charge in [0.25, 0.3) is 0 Å². The molecule has 3 N–H and O–H groups in total. The number of aromatic nitrogens is 1. The largest absolute Gasteiger partial charge is 0.387 e. The SMILES string of the molecule is O=C(NCC(O)c1ccc(Cl)cc1Cl)Nc1ccncc1. The van der Waals surface area contributed by atoms with Crippen molar-refractivity contribution in [2.45, 2.75) is 6.10 Å². The number of amides is 2. The molecule has 7 heteroatoms. The van der Waals surface area contributed by atoms with Crippen molar-refractivity contribution in [2.75, 3.05) is 11.9 Å². The Morgan fingerprint density at radius 1 is 1.24 bits per heavy atom. The molecule has 0 saturated carbocycles. The van der Waals surface area contributed by atoms with E-state index < -0.39 is 12.1 Å². The van der Waals surface area contributed by atoms with Crippen molar-refractivity contribution in [1.29, 1.82) is 0 Å². The molecule has 2 aromatic rings. The van der Waals surface area contributed by atoms with Crippen LogP contribution in [0.15, 0.2) is 42.7 Å². The van der Waals surface area contributed by atoms with Gasteiger partial charge in [-0.1, -0.05) is 29.3 Å². The molecule has 2 amide bonds. The quantitative estimate of drug-likeness (QED) is 0.807. The first kappa shape index (κ1) is 15.6. The highest BCUT2D eigenvalue weighted by atomic mass is 35.5. The summed E-state index contributed by atoms with van der Waals surface area (Å²) in [7, 11) is 0. The number of aliphatic hydroxyl groups is 1. The molecule has 0 spiro atoms. The molecule has 0 aliphatic rings. The van der Waals surface area contributed by atoms with Gasteiger partial charge in [0, 0.05) is 40.2 Å². The highest BCUT2D eigenvalue weighted by molar-refractivity contribution is 6.35. The number of rotatable bonds is 4. The minimum Gasteiger partial charge on any atom is -0.387 e. The second-order valence-corrected chi connectivity index (χ2v) is 5.10. The van der Waals surface area contributed by atoms with Gasteiger partial charge >= 0.3 is 6.03 Å². The Labute approximate surface area is 131 Å². The molecule has 1 heterocycles. The summed E-state index contributed by atoms with van der Waals surface area (Å²) in [6.45, 7) is 0.0261. The van der Waals surface area contributed by atoms with E-state index in [-0.39, 0.29) is 6.54 Å².